The van der Waals surface area contributed by atoms with Crippen LogP contribution in [0.2, 0.25) is 0 Å². The van der Waals surface area contributed by atoms with Gasteiger partial charge in [0, 0.05) is 39.3 Å². The summed E-state index contributed by atoms with van der Waals surface area (Å²) < 4.78 is 6.63. The smallest absolute Gasteiger partial charge is 0.268 e. The van der Waals surface area contributed by atoms with E-state index in [1.165, 1.54) is 4.68 Å². The molecular weight excluding hydrogens is 362 g/mol. The van der Waals surface area contributed by atoms with Crippen LogP contribution in [0.4, 0.5) is 11.4 Å². The van der Waals surface area contributed by atoms with Crippen LogP contribution >= 0.6 is 0 Å². The summed E-state index contributed by atoms with van der Waals surface area (Å²) in [6, 6.07) is 6.97. The van der Waals surface area contributed by atoms with Crippen LogP contribution in [0.15, 0.2) is 35.3 Å². The summed E-state index contributed by atoms with van der Waals surface area (Å²) in [4.78, 5) is 39.8. The van der Waals surface area contributed by atoms with Crippen molar-refractivity contribution < 1.29 is 14.3 Å². The minimum Gasteiger partial charge on any atom is -0.482 e. The second kappa shape index (κ2) is 7.34. The minimum atomic E-state index is -0.197. The number of piperazine rings is 1. The van der Waals surface area contributed by atoms with Crippen LogP contribution in [0.3, 0.4) is 0 Å². The van der Waals surface area contributed by atoms with E-state index >= 15 is 0 Å². The predicted octanol–water partition coefficient (Wildman–Crippen LogP) is 0.00250. The van der Waals surface area contributed by atoms with Gasteiger partial charge in [0.05, 0.1) is 24.0 Å². The quantitative estimate of drug-likeness (QED) is 0.802. The number of nitrogens with one attached hydrogen (secondary N) is 1. The van der Waals surface area contributed by atoms with Crippen molar-refractivity contribution in [2.45, 2.75) is 6.42 Å². The maximum atomic E-state index is 12.7. The topological polar surface area (TPSA) is 96.8 Å². The fraction of sp³-hybridized carbons (Fsp3) is 0.368. The summed E-state index contributed by atoms with van der Waals surface area (Å²) in [5, 5.41) is 6.80. The molecule has 28 heavy (non-hydrogen) atoms. The number of rotatable bonds is 3. The number of ether oxygens (including phenoxy) is 1. The Kier molecular flexibility index (Phi) is 4.72. The number of carbonyl (C=O) groups excluding carboxylic acids is 2. The molecule has 146 valence electrons. The molecule has 3 heterocycles. The van der Waals surface area contributed by atoms with Crippen molar-refractivity contribution >= 4 is 23.2 Å². The highest BCUT2D eigenvalue weighted by molar-refractivity contribution is 5.95. The number of aryl methyl sites for hydroxylation is 1. The average molecular weight is 383 g/mol. The van der Waals surface area contributed by atoms with Gasteiger partial charge in [-0.3, -0.25) is 14.4 Å². The summed E-state index contributed by atoms with van der Waals surface area (Å²) in [7, 11) is 1.61. The highest BCUT2D eigenvalue weighted by atomic mass is 16.5. The molecule has 0 radical (unpaired) electrons. The van der Waals surface area contributed by atoms with E-state index < -0.39 is 0 Å². The number of amides is 2. The van der Waals surface area contributed by atoms with E-state index in [4.69, 9.17) is 4.74 Å². The molecular formula is C19H21N5O4. The number of hydrogen-bond acceptors (Lipinski definition) is 6. The third kappa shape index (κ3) is 3.68. The van der Waals surface area contributed by atoms with Gasteiger partial charge in [0.1, 0.15) is 5.75 Å². The van der Waals surface area contributed by atoms with Gasteiger partial charge in [-0.1, -0.05) is 6.07 Å². The molecule has 9 heteroatoms. The first-order valence-corrected chi connectivity index (χ1v) is 9.11. The first kappa shape index (κ1) is 18.0. The predicted molar refractivity (Wildman–Crippen MR) is 103 cm³/mol. The molecule has 9 nitrogen and oxygen atoms in total. The molecule has 1 aromatic heterocycles. The normalized spacial score (nSPS) is 16.2. The Morgan fingerprint density at radius 1 is 1.18 bits per heavy atom. The van der Waals surface area contributed by atoms with Crippen molar-refractivity contribution in [3.05, 3.63) is 46.4 Å². The van der Waals surface area contributed by atoms with Crippen LogP contribution in [0.25, 0.3) is 0 Å². The summed E-state index contributed by atoms with van der Waals surface area (Å²) in [6.07, 6.45) is 1.93. The molecule has 4 rings (SSSR count). The number of benzene rings is 1. The number of nitrogens with zero attached hydrogens (tertiary/aromatic N) is 4. The largest absolute Gasteiger partial charge is 0.482 e. The third-order valence-electron chi connectivity index (χ3n) is 4.98. The molecule has 2 amide bonds. The second-order valence-corrected chi connectivity index (χ2v) is 6.89. The Balaban J connectivity index is 1.36. The summed E-state index contributed by atoms with van der Waals surface area (Å²) >= 11 is 0. The van der Waals surface area contributed by atoms with Crippen molar-refractivity contribution in [2.24, 2.45) is 7.05 Å². The fourth-order valence-corrected chi connectivity index (χ4v) is 3.37. The van der Waals surface area contributed by atoms with Gasteiger partial charge in [-0.25, -0.2) is 4.68 Å². The van der Waals surface area contributed by atoms with Crippen molar-refractivity contribution in [2.75, 3.05) is 43.0 Å². The van der Waals surface area contributed by atoms with E-state index in [1.54, 1.807) is 31.4 Å². The zero-order chi connectivity index (χ0) is 19.7. The molecule has 1 saturated heterocycles. The van der Waals surface area contributed by atoms with E-state index in [2.05, 4.69) is 15.3 Å². The summed E-state index contributed by atoms with van der Waals surface area (Å²) in [5.74, 6) is 0.453. The van der Waals surface area contributed by atoms with Crippen LogP contribution in [0.1, 0.15) is 5.56 Å². The third-order valence-corrected chi connectivity index (χ3v) is 4.98. The van der Waals surface area contributed by atoms with E-state index in [0.717, 1.165) is 11.3 Å². The first-order valence-electron chi connectivity index (χ1n) is 9.11. The molecule has 2 aliphatic rings. The number of anilines is 2. The fourth-order valence-electron chi connectivity index (χ4n) is 3.37. The van der Waals surface area contributed by atoms with Crippen molar-refractivity contribution in [1.29, 1.82) is 0 Å². The van der Waals surface area contributed by atoms with Crippen LogP contribution in [-0.2, 0) is 23.1 Å². The maximum absolute atomic E-state index is 12.7. The van der Waals surface area contributed by atoms with Crippen LogP contribution in [-0.4, -0.2) is 59.3 Å². The molecule has 0 saturated carbocycles. The molecule has 2 aliphatic heterocycles. The Morgan fingerprint density at radius 3 is 2.71 bits per heavy atom. The van der Waals surface area contributed by atoms with E-state index in [0.29, 0.717) is 37.6 Å². The first-order chi connectivity index (χ1) is 13.5. The van der Waals surface area contributed by atoms with Gasteiger partial charge in [0.15, 0.2) is 6.61 Å². The van der Waals surface area contributed by atoms with Gasteiger partial charge < -0.3 is 19.9 Å². The molecule has 0 atom stereocenters. The van der Waals surface area contributed by atoms with E-state index in [-0.39, 0.29) is 30.4 Å². The van der Waals surface area contributed by atoms with Crippen LogP contribution in [0, 0.1) is 0 Å². The van der Waals surface area contributed by atoms with Crippen molar-refractivity contribution in [3.63, 3.8) is 0 Å². The van der Waals surface area contributed by atoms with E-state index in [1.807, 2.05) is 11.0 Å². The number of carbonyl (C=O) groups is 2. The molecule has 1 aromatic carbocycles. The SMILES string of the molecule is Cn1ncc(N2CCN(C(=O)Cc3ccc4c(c3)NC(=O)CO4)CC2)cc1=O. The Morgan fingerprint density at radius 2 is 1.96 bits per heavy atom. The standard InChI is InChI=1S/C19H21N5O4/c1-22-18(26)10-14(11-20-22)23-4-6-24(7-5-23)19(27)9-13-2-3-16-15(8-13)21-17(25)12-28-16/h2-3,8,10-11H,4-7,9,12H2,1H3,(H,21,25). The molecule has 0 unspecified atom stereocenters. The lowest BCUT2D eigenvalue weighted by Crippen LogP contribution is -2.49. The highest BCUT2D eigenvalue weighted by Gasteiger charge is 2.23. The van der Waals surface area contributed by atoms with Gasteiger partial charge >= 0.3 is 0 Å². The summed E-state index contributed by atoms with van der Waals surface area (Å²) in [5.41, 5.74) is 2.05. The molecule has 0 bridgehead atoms. The lowest BCUT2D eigenvalue weighted by Gasteiger charge is -2.36. The summed E-state index contributed by atoms with van der Waals surface area (Å²) in [6.45, 7) is 2.47. The monoisotopic (exact) mass is 383 g/mol. The molecule has 0 aliphatic carbocycles. The van der Waals surface area contributed by atoms with Gasteiger partial charge in [0.25, 0.3) is 11.5 Å². The average Bonchev–Trinajstić information content (AvgIpc) is 2.70. The Bertz CT molecular complexity index is 979. The van der Waals surface area contributed by atoms with E-state index in [9.17, 15) is 14.4 Å². The van der Waals surface area contributed by atoms with Crippen molar-refractivity contribution in [1.82, 2.24) is 14.7 Å². The molecule has 2 aromatic rings. The van der Waals surface area contributed by atoms with Crippen molar-refractivity contribution in [3.8, 4) is 5.75 Å². The number of aromatic nitrogens is 2. The second-order valence-electron chi connectivity index (χ2n) is 6.89. The number of hydrogen-bond donors (Lipinski definition) is 1. The molecule has 1 fully saturated rings. The van der Waals surface area contributed by atoms with Gasteiger partial charge in [-0.2, -0.15) is 5.10 Å². The Hall–Kier alpha value is -3.36. The Labute approximate surface area is 161 Å². The molecule has 0 spiro atoms. The minimum absolute atomic E-state index is 0.0125. The zero-order valence-corrected chi connectivity index (χ0v) is 15.6. The van der Waals surface area contributed by atoms with Crippen LogP contribution in [0.5, 0.6) is 5.75 Å². The van der Waals surface area contributed by atoms with Gasteiger partial charge in [0.2, 0.25) is 5.91 Å². The van der Waals surface area contributed by atoms with Crippen LogP contribution < -0.4 is 20.5 Å². The van der Waals surface area contributed by atoms with Gasteiger partial charge in [-0.15, -0.1) is 0 Å². The lowest BCUT2D eigenvalue weighted by molar-refractivity contribution is -0.130. The molecule has 1 N–H and O–H groups in total. The highest BCUT2D eigenvalue weighted by Crippen LogP contribution is 2.28. The number of fused-ring (bicyclic) bond motifs is 1. The lowest BCUT2D eigenvalue weighted by atomic mass is 10.1. The van der Waals surface area contributed by atoms with Gasteiger partial charge in [-0.05, 0) is 17.7 Å². The zero-order valence-electron chi connectivity index (χ0n) is 15.6. The maximum Gasteiger partial charge on any atom is 0.268 e.